The Morgan fingerprint density at radius 3 is 1.25 bits per heavy atom. The van der Waals surface area contributed by atoms with E-state index in [0.717, 1.165) is 25.7 Å². The molecule has 0 radical (unpaired) electrons. The molecule has 0 fully saturated rings. The number of carbonyl (C=O) groups is 2. The summed E-state index contributed by atoms with van der Waals surface area (Å²) in [6, 6.07) is 0. The molecule has 0 aliphatic carbocycles. The third kappa shape index (κ3) is 46.3. The predicted molar refractivity (Wildman–Crippen MR) is 252 cm³/mol. The molecule has 3 atom stereocenters. The molecule has 0 aromatic rings. The standard InChI is InChI=1S/C50H95O10P/c1-3-5-7-9-11-13-15-17-19-20-21-22-23-24-25-26-28-29-31-33-35-37-39-41-49(53)57-45-48(46-59-61(55,56)58-44-47(52)43-51)60-50(54)42-40-38-36-34-32-30-27-18-16-14-12-10-8-6-4-2/h33,35-36,38,47-48,51-52H,3-32,34,37,39-46H2,1-2H3,(H,55,56)/b35-33+,38-36+/t47-,48+/m1/s1. The quantitative estimate of drug-likeness (QED) is 0.0233. The summed E-state index contributed by atoms with van der Waals surface area (Å²) in [5.41, 5.74) is 0. The number of phosphoric ester groups is 1. The minimum atomic E-state index is -4.63. The van der Waals surface area contributed by atoms with Crippen molar-refractivity contribution in [3.8, 4) is 0 Å². The number of ether oxygens (including phenoxy) is 2. The van der Waals surface area contributed by atoms with Gasteiger partial charge in [-0.1, -0.05) is 212 Å². The number of hydrogen-bond acceptors (Lipinski definition) is 9. The van der Waals surface area contributed by atoms with Crippen LogP contribution in [0, 0.1) is 0 Å². The van der Waals surface area contributed by atoms with Crippen LogP contribution in [0.4, 0.5) is 0 Å². The molecule has 61 heavy (non-hydrogen) atoms. The topological polar surface area (TPSA) is 149 Å². The van der Waals surface area contributed by atoms with Crippen molar-refractivity contribution in [1.29, 1.82) is 0 Å². The van der Waals surface area contributed by atoms with Crippen molar-refractivity contribution in [3.05, 3.63) is 24.3 Å². The van der Waals surface area contributed by atoms with E-state index in [9.17, 15) is 24.2 Å². The van der Waals surface area contributed by atoms with Gasteiger partial charge in [0.05, 0.1) is 19.8 Å². The van der Waals surface area contributed by atoms with Crippen molar-refractivity contribution in [3.63, 3.8) is 0 Å². The molecule has 0 aromatic heterocycles. The molecule has 0 aromatic carbocycles. The largest absolute Gasteiger partial charge is 0.472 e. The SMILES string of the molecule is CCCCCCCCCCCCC/C=C/CCC(=O)O[C@@H](COC(=O)CCC/C=C/CCCCCCCCCCCCCCCCCCCC)COP(=O)(O)OC[C@H](O)CO. The van der Waals surface area contributed by atoms with Gasteiger partial charge in [0.25, 0.3) is 0 Å². The Balaban J connectivity index is 4.18. The zero-order valence-corrected chi connectivity index (χ0v) is 40.3. The van der Waals surface area contributed by atoms with Gasteiger partial charge in [0, 0.05) is 12.8 Å². The van der Waals surface area contributed by atoms with E-state index in [1.165, 1.54) is 180 Å². The van der Waals surface area contributed by atoms with E-state index >= 15 is 0 Å². The molecule has 11 heteroatoms. The van der Waals surface area contributed by atoms with E-state index in [2.05, 4.69) is 32.1 Å². The Hall–Kier alpha value is -1.55. The highest BCUT2D eigenvalue weighted by Crippen LogP contribution is 2.43. The molecular formula is C50H95O10P. The second-order valence-corrected chi connectivity index (χ2v) is 18.6. The van der Waals surface area contributed by atoms with Gasteiger partial charge < -0.3 is 24.6 Å². The molecule has 0 saturated carbocycles. The van der Waals surface area contributed by atoms with Gasteiger partial charge in [0.2, 0.25) is 0 Å². The number of rotatable bonds is 48. The van der Waals surface area contributed by atoms with Crippen LogP contribution in [-0.4, -0.2) is 65.7 Å². The van der Waals surface area contributed by atoms with Gasteiger partial charge in [-0.15, -0.1) is 0 Å². The van der Waals surface area contributed by atoms with Gasteiger partial charge in [0.15, 0.2) is 6.10 Å². The molecule has 10 nitrogen and oxygen atoms in total. The maximum atomic E-state index is 12.6. The van der Waals surface area contributed by atoms with Gasteiger partial charge in [-0.25, -0.2) is 4.57 Å². The highest BCUT2D eigenvalue weighted by atomic mass is 31.2. The van der Waals surface area contributed by atoms with Crippen LogP contribution in [0.1, 0.15) is 245 Å². The number of carbonyl (C=O) groups excluding carboxylic acids is 2. The summed E-state index contributed by atoms with van der Waals surface area (Å²) in [5, 5.41) is 18.4. The van der Waals surface area contributed by atoms with E-state index in [4.69, 9.17) is 23.6 Å². The zero-order chi connectivity index (χ0) is 44.8. The molecule has 0 heterocycles. The average Bonchev–Trinajstić information content (AvgIpc) is 3.25. The third-order valence-corrected chi connectivity index (χ3v) is 12.0. The van der Waals surface area contributed by atoms with Crippen LogP contribution in [0.2, 0.25) is 0 Å². The lowest BCUT2D eigenvalue weighted by Gasteiger charge is -2.20. The summed E-state index contributed by atoms with van der Waals surface area (Å²) in [6.07, 6.45) is 48.9. The van der Waals surface area contributed by atoms with Crippen molar-refractivity contribution in [2.45, 2.75) is 257 Å². The summed E-state index contributed by atoms with van der Waals surface area (Å²) in [6.45, 7) is 2.35. The maximum absolute atomic E-state index is 12.6. The minimum Gasteiger partial charge on any atom is -0.462 e. The van der Waals surface area contributed by atoms with Crippen LogP contribution in [-0.2, 0) is 32.7 Å². The second-order valence-electron chi connectivity index (χ2n) is 17.2. The van der Waals surface area contributed by atoms with Crippen molar-refractivity contribution in [1.82, 2.24) is 0 Å². The molecular weight excluding hydrogens is 792 g/mol. The number of esters is 2. The average molecular weight is 887 g/mol. The number of aliphatic hydroxyl groups is 2. The Morgan fingerprint density at radius 1 is 0.475 bits per heavy atom. The Kier molecular flexibility index (Phi) is 45.3. The number of allylic oxidation sites excluding steroid dienone is 4. The normalized spacial score (nSPS) is 13.9. The van der Waals surface area contributed by atoms with Crippen LogP contribution in [0.3, 0.4) is 0 Å². The first-order chi connectivity index (χ1) is 29.7. The first kappa shape index (κ1) is 59.5. The van der Waals surface area contributed by atoms with Crippen LogP contribution in [0.25, 0.3) is 0 Å². The van der Waals surface area contributed by atoms with E-state index in [1.54, 1.807) is 0 Å². The number of phosphoric acid groups is 1. The van der Waals surface area contributed by atoms with E-state index in [0.29, 0.717) is 12.8 Å². The molecule has 0 bridgehead atoms. The first-order valence-electron chi connectivity index (χ1n) is 25.3. The minimum absolute atomic E-state index is 0.0982. The maximum Gasteiger partial charge on any atom is 0.472 e. The van der Waals surface area contributed by atoms with Crippen LogP contribution in [0.5, 0.6) is 0 Å². The van der Waals surface area contributed by atoms with Gasteiger partial charge in [-0.2, -0.15) is 0 Å². The van der Waals surface area contributed by atoms with E-state index in [1.807, 2.05) is 6.08 Å². The fraction of sp³-hybridized carbons (Fsp3) is 0.880. The molecule has 0 saturated heterocycles. The lowest BCUT2D eigenvalue weighted by Crippen LogP contribution is -2.29. The van der Waals surface area contributed by atoms with Gasteiger partial charge in [0.1, 0.15) is 12.7 Å². The molecule has 360 valence electrons. The summed E-state index contributed by atoms with van der Waals surface area (Å²) < 4.78 is 32.7. The number of hydrogen-bond donors (Lipinski definition) is 3. The van der Waals surface area contributed by atoms with E-state index in [-0.39, 0.29) is 19.4 Å². The number of unbranched alkanes of at least 4 members (excludes halogenated alkanes) is 30. The number of aliphatic hydroxyl groups excluding tert-OH is 2. The van der Waals surface area contributed by atoms with Crippen LogP contribution < -0.4 is 0 Å². The molecule has 0 amide bonds. The fourth-order valence-corrected chi connectivity index (χ4v) is 7.98. The Bertz CT molecular complexity index is 1070. The van der Waals surface area contributed by atoms with Crippen molar-refractivity contribution in [2.75, 3.05) is 26.4 Å². The van der Waals surface area contributed by atoms with Gasteiger partial charge in [-0.3, -0.25) is 18.6 Å². The smallest absolute Gasteiger partial charge is 0.462 e. The summed E-state index contributed by atoms with van der Waals surface area (Å²) in [7, 11) is -4.63. The summed E-state index contributed by atoms with van der Waals surface area (Å²) in [4.78, 5) is 35.1. The predicted octanol–water partition coefficient (Wildman–Crippen LogP) is 14.1. The monoisotopic (exact) mass is 887 g/mol. The first-order valence-corrected chi connectivity index (χ1v) is 26.8. The molecule has 3 N–H and O–H groups in total. The van der Waals surface area contributed by atoms with Crippen molar-refractivity contribution >= 4 is 19.8 Å². The highest BCUT2D eigenvalue weighted by Gasteiger charge is 2.27. The molecule has 0 aliphatic heterocycles. The van der Waals surface area contributed by atoms with Crippen molar-refractivity contribution < 1.29 is 47.8 Å². The third-order valence-electron chi connectivity index (χ3n) is 11.1. The zero-order valence-electron chi connectivity index (χ0n) is 39.4. The molecule has 1 unspecified atom stereocenters. The molecule has 0 aliphatic rings. The summed E-state index contributed by atoms with van der Waals surface area (Å²) >= 11 is 0. The second kappa shape index (κ2) is 46.4. The lowest BCUT2D eigenvalue weighted by atomic mass is 10.0. The van der Waals surface area contributed by atoms with Crippen LogP contribution >= 0.6 is 7.82 Å². The highest BCUT2D eigenvalue weighted by molar-refractivity contribution is 7.47. The summed E-state index contributed by atoms with van der Waals surface area (Å²) in [5.74, 6) is -1.01. The fourth-order valence-electron chi connectivity index (χ4n) is 7.19. The molecule has 0 rings (SSSR count). The lowest BCUT2D eigenvalue weighted by molar-refractivity contribution is -0.161. The van der Waals surface area contributed by atoms with Crippen molar-refractivity contribution in [2.24, 2.45) is 0 Å². The molecule has 0 spiro atoms. The van der Waals surface area contributed by atoms with Crippen LogP contribution in [0.15, 0.2) is 24.3 Å². The van der Waals surface area contributed by atoms with E-state index < -0.39 is 51.8 Å². The van der Waals surface area contributed by atoms with Gasteiger partial charge in [-0.05, 0) is 44.9 Å². The van der Waals surface area contributed by atoms with Gasteiger partial charge >= 0.3 is 19.8 Å². The Morgan fingerprint density at radius 2 is 0.836 bits per heavy atom. The Labute approximate surface area is 374 Å².